The second-order valence-electron chi connectivity index (χ2n) is 7.50. The van der Waals surface area contributed by atoms with E-state index in [4.69, 9.17) is 16.4 Å². The van der Waals surface area contributed by atoms with Crippen LogP contribution in [0.25, 0.3) is 10.8 Å². The zero-order valence-corrected chi connectivity index (χ0v) is 18.0. The van der Waals surface area contributed by atoms with Gasteiger partial charge in [-0.1, -0.05) is 36.7 Å². The lowest BCUT2D eigenvalue weighted by Crippen LogP contribution is -2.52. The third-order valence-corrected chi connectivity index (χ3v) is 5.96. The van der Waals surface area contributed by atoms with Gasteiger partial charge in [0.15, 0.2) is 0 Å². The SMILES string of the molecule is CCC1CN(OC)CCN1c1cccc2ccc(NC(=O)c3ccc(Cl)cc3)cc12. The molecule has 0 radical (unpaired) electrons. The van der Waals surface area contributed by atoms with Crippen LogP contribution in [-0.4, -0.2) is 43.8 Å². The van der Waals surface area contributed by atoms with Crippen molar-refractivity contribution < 1.29 is 9.63 Å². The van der Waals surface area contributed by atoms with E-state index in [2.05, 4.69) is 47.5 Å². The molecule has 156 valence electrons. The van der Waals surface area contributed by atoms with Crippen LogP contribution in [0.5, 0.6) is 0 Å². The standard InChI is InChI=1S/C24H26ClN3O2/c1-3-21-16-27(30-2)13-14-28(21)23-6-4-5-17-9-12-20(15-22(17)23)26-24(29)18-7-10-19(25)11-8-18/h4-12,15,21H,3,13-14,16H2,1-2H3,(H,26,29). The van der Waals surface area contributed by atoms with Crippen LogP contribution in [-0.2, 0) is 4.84 Å². The van der Waals surface area contributed by atoms with Gasteiger partial charge in [0, 0.05) is 53.0 Å². The van der Waals surface area contributed by atoms with E-state index in [-0.39, 0.29) is 5.91 Å². The van der Waals surface area contributed by atoms with Gasteiger partial charge in [-0.2, -0.15) is 5.06 Å². The summed E-state index contributed by atoms with van der Waals surface area (Å²) in [6.45, 7) is 4.83. The number of hydrogen-bond donors (Lipinski definition) is 1. The number of nitrogens with zero attached hydrogens (tertiary/aromatic N) is 2. The van der Waals surface area contributed by atoms with Gasteiger partial charge in [0.1, 0.15) is 0 Å². The summed E-state index contributed by atoms with van der Waals surface area (Å²) in [4.78, 5) is 20.6. The Balaban J connectivity index is 1.64. The number of halogens is 1. The fourth-order valence-corrected chi connectivity index (χ4v) is 4.17. The third-order valence-electron chi connectivity index (χ3n) is 5.71. The molecule has 0 saturated carbocycles. The Morgan fingerprint density at radius 2 is 1.93 bits per heavy atom. The fraction of sp³-hybridized carbons (Fsp3) is 0.292. The van der Waals surface area contributed by atoms with Crippen LogP contribution >= 0.6 is 11.6 Å². The number of piperazine rings is 1. The minimum absolute atomic E-state index is 0.149. The molecular formula is C24H26ClN3O2. The van der Waals surface area contributed by atoms with Crippen LogP contribution in [0.2, 0.25) is 5.02 Å². The molecule has 1 aliphatic rings. The predicted octanol–water partition coefficient (Wildman–Crippen LogP) is 5.21. The van der Waals surface area contributed by atoms with Crippen LogP contribution in [0.3, 0.4) is 0 Å². The van der Waals surface area contributed by atoms with Crippen molar-refractivity contribution in [3.8, 4) is 0 Å². The highest BCUT2D eigenvalue weighted by molar-refractivity contribution is 6.30. The molecule has 1 amide bonds. The van der Waals surface area contributed by atoms with Crippen molar-refractivity contribution in [3.63, 3.8) is 0 Å². The maximum atomic E-state index is 12.6. The fourth-order valence-electron chi connectivity index (χ4n) is 4.05. The van der Waals surface area contributed by atoms with Gasteiger partial charge in [0.2, 0.25) is 0 Å². The maximum Gasteiger partial charge on any atom is 0.255 e. The molecule has 0 aromatic heterocycles. The van der Waals surface area contributed by atoms with Crippen molar-refractivity contribution in [2.24, 2.45) is 0 Å². The molecule has 3 aromatic carbocycles. The van der Waals surface area contributed by atoms with Crippen LogP contribution < -0.4 is 10.2 Å². The van der Waals surface area contributed by atoms with Gasteiger partial charge in [0.05, 0.1) is 7.11 Å². The molecule has 3 aromatic rings. The minimum Gasteiger partial charge on any atom is -0.365 e. The molecule has 0 bridgehead atoms. The number of nitrogens with one attached hydrogen (secondary N) is 1. The first-order chi connectivity index (χ1) is 14.6. The number of rotatable bonds is 5. The third kappa shape index (κ3) is 4.29. The van der Waals surface area contributed by atoms with E-state index in [1.807, 2.05) is 11.1 Å². The molecular weight excluding hydrogens is 398 g/mol. The molecule has 1 saturated heterocycles. The number of hydrogen-bond acceptors (Lipinski definition) is 4. The van der Waals surface area contributed by atoms with E-state index in [0.29, 0.717) is 16.6 Å². The van der Waals surface area contributed by atoms with Gasteiger partial charge in [-0.25, -0.2) is 0 Å². The summed E-state index contributed by atoms with van der Waals surface area (Å²) in [6.07, 6.45) is 1.03. The second kappa shape index (κ2) is 9.04. The van der Waals surface area contributed by atoms with Gasteiger partial charge in [-0.15, -0.1) is 0 Å². The van der Waals surface area contributed by atoms with Crippen molar-refractivity contribution in [3.05, 3.63) is 71.2 Å². The summed E-state index contributed by atoms with van der Waals surface area (Å²) in [5.41, 5.74) is 2.55. The first-order valence-electron chi connectivity index (χ1n) is 10.2. The summed E-state index contributed by atoms with van der Waals surface area (Å²) >= 11 is 5.93. The average molecular weight is 424 g/mol. The summed E-state index contributed by atoms with van der Waals surface area (Å²) in [5, 5.41) is 7.93. The van der Waals surface area contributed by atoms with Gasteiger partial charge >= 0.3 is 0 Å². The van der Waals surface area contributed by atoms with Crippen LogP contribution in [0, 0.1) is 0 Å². The number of fused-ring (bicyclic) bond motifs is 1. The van der Waals surface area contributed by atoms with E-state index < -0.39 is 0 Å². The van der Waals surface area contributed by atoms with Crippen molar-refractivity contribution in [2.45, 2.75) is 19.4 Å². The lowest BCUT2D eigenvalue weighted by molar-refractivity contribution is -0.140. The maximum absolute atomic E-state index is 12.6. The zero-order chi connectivity index (χ0) is 21.1. The van der Waals surface area contributed by atoms with Crippen molar-refractivity contribution in [1.82, 2.24) is 5.06 Å². The molecule has 1 atom stereocenters. The average Bonchev–Trinajstić information content (AvgIpc) is 2.78. The van der Waals surface area contributed by atoms with Crippen molar-refractivity contribution in [1.29, 1.82) is 0 Å². The lowest BCUT2D eigenvalue weighted by Gasteiger charge is -2.42. The largest absolute Gasteiger partial charge is 0.365 e. The Bertz CT molecular complexity index is 1040. The first kappa shape index (κ1) is 20.7. The Hall–Kier alpha value is -2.60. The molecule has 1 fully saturated rings. The minimum atomic E-state index is -0.149. The summed E-state index contributed by atoms with van der Waals surface area (Å²) in [5.74, 6) is -0.149. The quantitative estimate of drug-likeness (QED) is 0.612. The van der Waals surface area contributed by atoms with E-state index in [1.54, 1.807) is 31.4 Å². The number of carbonyl (C=O) groups is 1. The molecule has 0 spiro atoms. The zero-order valence-electron chi connectivity index (χ0n) is 17.3. The Morgan fingerprint density at radius 3 is 2.67 bits per heavy atom. The molecule has 1 aliphatic heterocycles. The van der Waals surface area contributed by atoms with E-state index >= 15 is 0 Å². The number of carbonyl (C=O) groups excluding carboxylic acids is 1. The van der Waals surface area contributed by atoms with Gasteiger partial charge in [-0.05, 0) is 54.3 Å². The number of hydroxylamine groups is 2. The van der Waals surface area contributed by atoms with E-state index in [1.165, 1.54) is 5.69 Å². The lowest BCUT2D eigenvalue weighted by atomic mass is 10.0. The summed E-state index contributed by atoms with van der Waals surface area (Å²) in [7, 11) is 1.73. The highest BCUT2D eigenvalue weighted by Crippen LogP contribution is 2.32. The van der Waals surface area contributed by atoms with Crippen LogP contribution in [0.4, 0.5) is 11.4 Å². The molecule has 4 rings (SSSR count). The second-order valence-corrected chi connectivity index (χ2v) is 7.94. The van der Waals surface area contributed by atoms with Gasteiger partial charge in [-0.3, -0.25) is 4.79 Å². The molecule has 1 N–H and O–H groups in total. The Kier molecular flexibility index (Phi) is 6.23. The monoisotopic (exact) mass is 423 g/mol. The van der Waals surface area contributed by atoms with Crippen LogP contribution in [0.1, 0.15) is 23.7 Å². The smallest absolute Gasteiger partial charge is 0.255 e. The summed E-state index contributed by atoms with van der Waals surface area (Å²) in [6, 6.07) is 19.7. The van der Waals surface area contributed by atoms with Gasteiger partial charge in [0.25, 0.3) is 5.91 Å². The molecule has 1 unspecified atom stereocenters. The molecule has 6 heteroatoms. The first-order valence-corrected chi connectivity index (χ1v) is 10.6. The molecule has 30 heavy (non-hydrogen) atoms. The van der Waals surface area contributed by atoms with Crippen LogP contribution in [0.15, 0.2) is 60.7 Å². The number of anilines is 2. The van der Waals surface area contributed by atoms with Crippen molar-refractivity contribution in [2.75, 3.05) is 37.0 Å². The molecule has 1 heterocycles. The highest BCUT2D eigenvalue weighted by atomic mass is 35.5. The molecule has 5 nitrogen and oxygen atoms in total. The Labute approximate surface area is 182 Å². The van der Waals surface area contributed by atoms with E-state index in [0.717, 1.165) is 42.5 Å². The van der Waals surface area contributed by atoms with E-state index in [9.17, 15) is 4.79 Å². The Morgan fingerprint density at radius 1 is 1.13 bits per heavy atom. The van der Waals surface area contributed by atoms with Gasteiger partial charge < -0.3 is 15.1 Å². The summed E-state index contributed by atoms with van der Waals surface area (Å²) < 4.78 is 0. The predicted molar refractivity (Wildman–Crippen MR) is 123 cm³/mol. The molecule has 0 aliphatic carbocycles. The van der Waals surface area contributed by atoms with Crippen molar-refractivity contribution >= 4 is 39.7 Å². The highest BCUT2D eigenvalue weighted by Gasteiger charge is 2.27. The number of amides is 1. The number of benzene rings is 3. The topological polar surface area (TPSA) is 44.8 Å². The normalized spacial score (nSPS) is 17.3.